The van der Waals surface area contributed by atoms with Gasteiger partial charge in [0.05, 0.1) is 7.11 Å². The van der Waals surface area contributed by atoms with Crippen LogP contribution in [0.1, 0.15) is 31.2 Å². The first-order chi connectivity index (χ1) is 17.0. The lowest BCUT2D eigenvalue weighted by Crippen LogP contribution is -2.49. The molecule has 2 amide bonds. The van der Waals surface area contributed by atoms with E-state index in [0.717, 1.165) is 31.5 Å². The Morgan fingerprint density at radius 1 is 1.00 bits per heavy atom. The van der Waals surface area contributed by atoms with Crippen LogP contribution in [0.5, 0.6) is 11.5 Å². The van der Waals surface area contributed by atoms with Crippen LogP contribution in [-0.2, 0) is 16.1 Å². The molecule has 2 aliphatic rings. The van der Waals surface area contributed by atoms with Gasteiger partial charge in [0.25, 0.3) is 5.91 Å². The highest BCUT2D eigenvalue weighted by Gasteiger charge is 2.29. The van der Waals surface area contributed by atoms with Gasteiger partial charge in [0.1, 0.15) is 5.75 Å². The van der Waals surface area contributed by atoms with E-state index in [1.165, 1.54) is 13.2 Å². The number of ether oxygens (including phenoxy) is 2. The van der Waals surface area contributed by atoms with Crippen LogP contribution in [0.4, 0.5) is 4.39 Å². The zero-order valence-corrected chi connectivity index (χ0v) is 20.2. The zero-order chi connectivity index (χ0) is 24.6. The van der Waals surface area contributed by atoms with Gasteiger partial charge in [0, 0.05) is 44.7 Å². The molecule has 0 aromatic heterocycles. The number of para-hydroxylation sites is 1. The smallest absolute Gasteiger partial charge is 0.260 e. The minimum absolute atomic E-state index is 0.0165. The number of hydrogen-bond acceptors (Lipinski definition) is 5. The molecule has 8 heteroatoms. The SMILES string of the molecule is COc1ccc(CN2CCC(NC(=O)C3CCN(C(=O)COc4ccccc4)CC3)CC2)cc1F. The largest absolute Gasteiger partial charge is 0.494 e. The number of hydrogen-bond donors (Lipinski definition) is 1. The molecular weight excluding hydrogens is 449 g/mol. The average molecular weight is 484 g/mol. The number of amides is 2. The number of nitrogens with one attached hydrogen (secondary N) is 1. The Labute approximate surface area is 206 Å². The lowest BCUT2D eigenvalue weighted by molar-refractivity contribution is -0.137. The quantitative estimate of drug-likeness (QED) is 0.624. The average Bonchev–Trinajstić information content (AvgIpc) is 2.89. The second-order valence-electron chi connectivity index (χ2n) is 9.28. The molecule has 7 nitrogen and oxygen atoms in total. The third-order valence-electron chi connectivity index (χ3n) is 6.88. The first-order valence-corrected chi connectivity index (χ1v) is 12.3. The number of carbonyl (C=O) groups is 2. The Morgan fingerprint density at radius 3 is 2.37 bits per heavy atom. The molecule has 4 rings (SSSR count). The van der Waals surface area contributed by atoms with Crippen LogP contribution in [-0.4, -0.2) is 67.6 Å². The Hall–Kier alpha value is -3.13. The van der Waals surface area contributed by atoms with Crippen LogP contribution in [0.15, 0.2) is 48.5 Å². The molecule has 0 radical (unpaired) electrons. The summed E-state index contributed by atoms with van der Waals surface area (Å²) in [5.74, 6) is 0.575. The molecule has 0 saturated carbocycles. The standard InChI is InChI=1S/C27H34FN3O4/c1-34-25-8-7-20(17-24(25)28)18-30-13-11-22(12-14-30)29-27(33)21-9-15-31(16-10-21)26(32)19-35-23-5-3-2-4-6-23/h2-8,17,21-22H,9-16,18-19H2,1H3,(H,29,33). The number of nitrogens with zero attached hydrogens (tertiary/aromatic N) is 2. The third-order valence-corrected chi connectivity index (χ3v) is 6.88. The van der Waals surface area contributed by atoms with Crippen molar-refractivity contribution in [1.82, 2.24) is 15.1 Å². The molecule has 2 heterocycles. The van der Waals surface area contributed by atoms with E-state index < -0.39 is 0 Å². The summed E-state index contributed by atoms with van der Waals surface area (Å²) >= 11 is 0. The summed E-state index contributed by atoms with van der Waals surface area (Å²) in [7, 11) is 1.46. The maximum absolute atomic E-state index is 13.9. The molecule has 2 aliphatic heterocycles. The molecule has 2 aromatic rings. The Kier molecular flexibility index (Phi) is 8.58. The molecule has 0 bridgehead atoms. The Balaban J connectivity index is 1.14. The summed E-state index contributed by atoms with van der Waals surface area (Å²) < 4.78 is 24.5. The van der Waals surface area contributed by atoms with E-state index in [9.17, 15) is 14.0 Å². The molecule has 2 fully saturated rings. The van der Waals surface area contributed by atoms with Crippen molar-refractivity contribution in [3.8, 4) is 11.5 Å². The summed E-state index contributed by atoms with van der Waals surface area (Å²) in [6.45, 7) is 3.56. The van der Waals surface area contributed by atoms with E-state index in [1.54, 1.807) is 11.0 Å². The lowest BCUT2D eigenvalue weighted by Gasteiger charge is -2.35. The van der Waals surface area contributed by atoms with Gasteiger partial charge in [-0.15, -0.1) is 0 Å². The van der Waals surface area contributed by atoms with Gasteiger partial charge in [-0.25, -0.2) is 4.39 Å². The number of likely N-dealkylation sites (tertiary alicyclic amines) is 2. The fourth-order valence-corrected chi connectivity index (χ4v) is 4.77. The molecule has 35 heavy (non-hydrogen) atoms. The predicted molar refractivity (Wildman–Crippen MR) is 131 cm³/mol. The van der Waals surface area contributed by atoms with Gasteiger partial charge in [-0.2, -0.15) is 0 Å². The van der Waals surface area contributed by atoms with Gasteiger partial charge in [-0.1, -0.05) is 24.3 Å². The van der Waals surface area contributed by atoms with Gasteiger partial charge < -0.3 is 19.7 Å². The van der Waals surface area contributed by atoms with Gasteiger partial charge in [0.15, 0.2) is 18.2 Å². The maximum atomic E-state index is 13.9. The highest BCUT2D eigenvalue weighted by molar-refractivity contribution is 5.80. The molecule has 0 aliphatic carbocycles. The normalized spacial score (nSPS) is 17.7. The predicted octanol–water partition coefficient (Wildman–Crippen LogP) is 3.23. The molecule has 0 unspecified atom stereocenters. The van der Waals surface area contributed by atoms with E-state index in [4.69, 9.17) is 9.47 Å². The number of methoxy groups -OCH3 is 1. The van der Waals surface area contributed by atoms with E-state index in [1.807, 2.05) is 36.4 Å². The van der Waals surface area contributed by atoms with Crippen LogP contribution < -0.4 is 14.8 Å². The van der Waals surface area contributed by atoms with Crippen molar-refractivity contribution in [2.24, 2.45) is 5.92 Å². The van der Waals surface area contributed by atoms with E-state index in [-0.39, 0.29) is 41.9 Å². The highest BCUT2D eigenvalue weighted by Crippen LogP contribution is 2.22. The van der Waals surface area contributed by atoms with Crippen LogP contribution in [0, 0.1) is 11.7 Å². The van der Waals surface area contributed by atoms with Gasteiger partial charge in [0.2, 0.25) is 5.91 Å². The Bertz CT molecular complexity index is 987. The molecule has 0 atom stereocenters. The number of piperidine rings is 2. The maximum Gasteiger partial charge on any atom is 0.260 e. The molecule has 1 N–H and O–H groups in total. The second-order valence-corrected chi connectivity index (χ2v) is 9.28. The van der Waals surface area contributed by atoms with Crippen molar-refractivity contribution in [2.45, 2.75) is 38.3 Å². The van der Waals surface area contributed by atoms with E-state index >= 15 is 0 Å². The van der Waals surface area contributed by atoms with E-state index in [0.29, 0.717) is 38.2 Å². The minimum Gasteiger partial charge on any atom is -0.494 e. The summed E-state index contributed by atoms with van der Waals surface area (Å²) in [6.07, 6.45) is 3.09. The summed E-state index contributed by atoms with van der Waals surface area (Å²) in [5.41, 5.74) is 0.918. The van der Waals surface area contributed by atoms with Crippen LogP contribution in [0.3, 0.4) is 0 Å². The van der Waals surface area contributed by atoms with Crippen LogP contribution in [0.25, 0.3) is 0 Å². The molecule has 2 aromatic carbocycles. The fraction of sp³-hybridized carbons (Fsp3) is 0.481. The van der Waals surface area contributed by atoms with Crippen molar-refractivity contribution in [3.05, 3.63) is 59.9 Å². The van der Waals surface area contributed by atoms with Gasteiger partial charge in [-0.3, -0.25) is 14.5 Å². The summed E-state index contributed by atoms with van der Waals surface area (Å²) in [6, 6.07) is 14.5. The van der Waals surface area contributed by atoms with Crippen molar-refractivity contribution < 1.29 is 23.5 Å². The Morgan fingerprint density at radius 2 is 1.71 bits per heavy atom. The molecule has 188 valence electrons. The second kappa shape index (κ2) is 12.0. The topological polar surface area (TPSA) is 71.1 Å². The van der Waals surface area contributed by atoms with Crippen LogP contribution in [0.2, 0.25) is 0 Å². The summed E-state index contributed by atoms with van der Waals surface area (Å²) in [4.78, 5) is 29.3. The molecule has 2 saturated heterocycles. The number of benzene rings is 2. The number of carbonyl (C=O) groups excluding carboxylic acids is 2. The molecular formula is C27H34FN3O4. The van der Waals surface area contributed by atoms with Crippen molar-refractivity contribution >= 4 is 11.8 Å². The lowest BCUT2D eigenvalue weighted by atomic mass is 9.94. The van der Waals surface area contributed by atoms with Gasteiger partial charge in [-0.05, 0) is 55.5 Å². The highest BCUT2D eigenvalue weighted by atomic mass is 19.1. The molecule has 0 spiro atoms. The van der Waals surface area contributed by atoms with Crippen molar-refractivity contribution in [3.63, 3.8) is 0 Å². The minimum atomic E-state index is -0.344. The zero-order valence-electron chi connectivity index (χ0n) is 20.2. The number of rotatable bonds is 8. The third kappa shape index (κ3) is 6.94. The van der Waals surface area contributed by atoms with Crippen LogP contribution >= 0.6 is 0 Å². The van der Waals surface area contributed by atoms with Gasteiger partial charge >= 0.3 is 0 Å². The summed E-state index contributed by atoms with van der Waals surface area (Å²) in [5, 5.41) is 3.22. The number of halogens is 1. The van der Waals surface area contributed by atoms with Crippen molar-refractivity contribution in [2.75, 3.05) is 39.9 Å². The monoisotopic (exact) mass is 483 g/mol. The van der Waals surface area contributed by atoms with Crippen molar-refractivity contribution in [1.29, 1.82) is 0 Å². The first kappa shape index (κ1) is 25.0. The first-order valence-electron chi connectivity index (χ1n) is 12.3. The fourth-order valence-electron chi connectivity index (χ4n) is 4.77. The van der Waals surface area contributed by atoms with E-state index in [2.05, 4.69) is 10.2 Å².